The normalized spacial score (nSPS) is 9.28. The van der Waals surface area contributed by atoms with E-state index in [4.69, 9.17) is 0 Å². The predicted octanol–water partition coefficient (Wildman–Crippen LogP) is 28.1. The third kappa shape index (κ3) is 38.8. The van der Waals surface area contributed by atoms with Gasteiger partial charge in [0, 0.05) is 0 Å². The Kier molecular flexibility index (Phi) is 56.7. The average molecular weight is 1160 g/mol. The summed E-state index contributed by atoms with van der Waals surface area (Å²) in [5.74, 6) is 0. The summed E-state index contributed by atoms with van der Waals surface area (Å²) in [5.41, 5.74) is 9.16. The zero-order valence-corrected chi connectivity index (χ0v) is 58.2. The van der Waals surface area contributed by atoms with E-state index in [9.17, 15) is 0 Å². The Bertz CT molecular complexity index is 2530. The molecule has 0 aliphatic rings. The molecular formula is C86H126. The van der Waals surface area contributed by atoms with Crippen molar-refractivity contribution < 1.29 is 0 Å². The molecule has 0 radical (unpaired) electrons. The minimum absolute atomic E-state index is 0. The van der Waals surface area contributed by atoms with Crippen LogP contribution in [0.2, 0.25) is 0 Å². The highest BCUT2D eigenvalue weighted by Crippen LogP contribution is 2.33. The molecule has 0 fully saturated rings. The Balaban J connectivity index is -0.000000450. The lowest BCUT2D eigenvalue weighted by Gasteiger charge is -2.23. The first-order valence-electron chi connectivity index (χ1n) is 32.7. The van der Waals surface area contributed by atoms with Crippen molar-refractivity contribution in [2.24, 2.45) is 0 Å². The first-order chi connectivity index (χ1) is 41.1. The van der Waals surface area contributed by atoms with Gasteiger partial charge in [-0.15, -0.1) is 0 Å². The van der Waals surface area contributed by atoms with Crippen molar-refractivity contribution in [3.63, 3.8) is 0 Å². The molecule has 0 aromatic heterocycles. The van der Waals surface area contributed by atoms with E-state index in [1.807, 2.05) is 151 Å². The molecular weight excluding hydrogens is 1030 g/mol. The van der Waals surface area contributed by atoms with Crippen molar-refractivity contribution in [3.8, 4) is 0 Å². The second-order valence-electron chi connectivity index (χ2n) is 21.3. The zero-order valence-electron chi connectivity index (χ0n) is 58.2. The van der Waals surface area contributed by atoms with Crippen LogP contribution in [0.1, 0.15) is 212 Å². The molecule has 0 N–H and O–H groups in total. The topological polar surface area (TPSA) is 0 Å². The molecule has 0 heteroatoms. The van der Waals surface area contributed by atoms with Gasteiger partial charge in [0.1, 0.15) is 0 Å². The van der Waals surface area contributed by atoms with E-state index in [0.717, 1.165) is 25.7 Å². The van der Waals surface area contributed by atoms with E-state index >= 15 is 0 Å². The standard InChI is InChI=1S/C18H18.C14H22.C10H8.C10H14.3C6H6.3C3H8.3C2H6.CH4/c1-3-13-15-9-5-7-11-17(15)14(4-2)18-12-8-6-10-16(13)18;1-13(2,3)11-7-9-12(10-8-11)14(4,5)6;1-2-6-10-8-4-3-7-9(10)5-1;1-3-9-5-7-10(4-2)8-6-9;3*1-2-4-6-5-3-1;3*1-3-2;3*1-2;/h5-12H,3-4H2,1-2H3;7-10H,1-6H3;1-8H;5-8H,3-4H2,1-2H3;3*1-6H;3*3H2,1-2H3;3*1-2H3;1H4. The van der Waals surface area contributed by atoms with E-state index in [0.29, 0.717) is 0 Å². The number of hydrogen-bond acceptors (Lipinski definition) is 0. The van der Waals surface area contributed by atoms with Gasteiger partial charge in [0.25, 0.3) is 0 Å². The summed E-state index contributed by atoms with van der Waals surface area (Å²) in [4.78, 5) is 0. The maximum absolute atomic E-state index is 2.26. The molecule has 0 heterocycles. The van der Waals surface area contributed by atoms with Crippen LogP contribution in [-0.4, -0.2) is 0 Å². The molecule has 0 amide bonds. The molecule has 86 heavy (non-hydrogen) atoms. The summed E-state index contributed by atoms with van der Waals surface area (Å²) in [6.07, 6.45) is 8.21. The number of benzene rings is 10. The molecule has 0 saturated carbocycles. The van der Waals surface area contributed by atoms with Crippen LogP contribution < -0.4 is 0 Å². The highest BCUT2D eigenvalue weighted by atomic mass is 14.2. The summed E-state index contributed by atoms with van der Waals surface area (Å²) >= 11 is 0. The summed E-state index contributed by atoms with van der Waals surface area (Å²) < 4.78 is 0. The molecule has 0 aliphatic heterocycles. The van der Waals surface area contributed by atoms with E-state index in [2.05, 4.69) is 256 Å². The van der Waals surface area contributed by atoms with Gasteiger partial charge in [-0.2, -0.15) is 0 Å². The fraction of sp³-hybridized carbons (Fsp3) is 0.372. The number of rotatable bonds is 4. The molecule has 10 aromatic rings. The molecule has 470 valence electrons. The van der Waals surface area contributed by atoms with Crippen molar-refractivity contribution in [1.82, 2.24) is 0 Å². The van der Waals surface area contributed by atoms with Crippen molar-refractivity contribution in [1.29, 1.82) is 0 Å². The zero-order chi connectivity index (χ0) is 64.6. The molecule has 0 aliphatic carbocycles. The van der Waals surface area contributed by atoms with Crippen molar-refractivity contribution in [3.05, 3.63) is 288 Å². The van der Waals surface area contributed by atoms with Crippen molar-refractivity contribution >= 4 is 32.3 Å². The molecule has 0 nitrogen and oxygen atoms in total. The lowest BCUT2D eigenvalue weighted by molar-refractivity contribution is 0.577. The molecule has 0 atom stereocenters. The van der Waals surface area contributed by atoms with Gasteiger partial charge in [-0.1, -0.05) is 434 Å². The molecule has 10 aromatic carbocycles. The molecule has 0 spiro atoms. The largest absolute Gasteiger partial charge is 0.0776 e. The Morgan fingerprint density at radius 3 is 0.523 bits per heavy atom. The maximum atomic E-state index is 2.26. The lowest BCUT2D eigenvalue weighted by atomic mass is 9.82. The minimum Gasteiger partial charge on any atom is -0.0776 e. The second kappa shape index (κ2) is 57.1. The molecule has 10 rings (SSSR count). The van der Waals surface area contributed by atoms with Crippen molar-refractivity contribution in [2.45, 2.75) is 216 Å². The highest BCUT2D eigenvalue weighted by molar-refractivity contribution is 6.05. The van der Waals surface area contributed by atoms with E-state index < -0.39 is 0 Å². The fourth-order valence-corrected chi connectivity index (χ4v) is 7.84. The summed E-state index contributed by atoms with van der Waals surface area (Å²) in [5, 5.41) is 8.33. The quantitative estimate of drug-likeness (QED) is 0.154. The fourth-order valence-electron chi connectivity index (χ4n) is 7.84. The summed E-state index contributed by atoms with van der Waals surface area (Å²) in [6.45, 7) is 47.1. The van der Waals surface area contributed by atoms with Gasteiger partial charge < -0.3 is 0 Å². The van der Waals surface area contributed by atoms with Crippen LogP contribution in [-0.2, 0) is 36.5 Å². The lowest BCUT2D eigenvalue weighted by Crippen LogP contribution is -2.14. The Morgan fingerprint density at radius 1 is 0.221 bits per heavy atom. The van der Waals surface area contributed by atoms with Gasteiger partial charge in [-0.05, 0) is 102 Å². The number of aryl methyl sites for hydroxylation is 4. The predicted molar refractivity (Wildman–Crippen MR) is 401 cm³/mol. The van der Waals surface area contributed by atoms with E-state index in [1.165, 1.54) is 85.0 Å². The average Bonchev–Trinajstić information content (AvgIpc) is 1.85. The highest BCUT2D eigenvalue weighted by Gasteiger charge is 2.17. The Hall–Kier alpha value is -7.02. The first-order valence-corrected chi connectivity index (χ1v) is 32.7. The summed E-state index contributed by atoms with van der Waals surface area (Å²) in [7, 11) is 0. The smallest absolute Gasteiger partial charge is 0.0132 e. The van der Waals surface area contributed by atoms with Crippen LogP contribution in [0.3, 0.4) is 0 Å². The van der Waals surface area contributed by atoms with Gasteiger partial charge in [0.15, 0.2) is 0 Å². The van der Waals surface area contributed by atoms with Gasteiger partial charge in [0.05, 0.1) is 0 Å². The van der Waals surface area contributed by atoms with Crippen LogP contribution in [0.15, 0.2) is 255 Å². The second-order valence-corrected chi connectivity index (χ2v) is 21.3. The van der Waals surface area contributed by atoms with Crippen LogP contribution in [0.4, 0.5) is 0 Å². The third-order valence-electron chi connectivity index (χ3n) is 12.0. The molecule has 0 saturated heterocycles. The van der Waals surface area contributed by atoms with Crippen molar-refractivity contribution in [2.75, 3.05) is 0 Å². The monoisotopic (exact) mass is 1160 g/mol. The number of hydrogen-bond donors (Lipinski definition) is 0. The molecule has 0 bridgehead atoms. The van der Waals surface area contributed by atoms with Gasteiger partial charge >= 0.3 is 0 Å². The van der Waals surface area contributed by atoms with Gasteiger partial charge in [-0.3, -0.25) is 0 Å². The van der Waals surface area contributed by atoms with Crippen LogP contribution in [0.25, 0.3) is 32.3 Å². The van der Waals surface area contributed by atoms with E-state index in [-0.39, 0.29) is 18.3 Å². The third-order valence-corrected chi connectivity index (χ3v) is 12.0. The molecule has 0 unspecified atom stereocenters. The maximum Gasteiger partial charge on any atom is -0.0132 e. The van der Waals surface area contributed by atoms with Crippen LogP contribution in [0, 0.1) is 0 Å². The number of fused-ring (bicyclic) bond motifs is 3. The van der Waals surface area contributed by atoms with Crippen LogP contribution in [0.5, 0.6) is 0 Å². The first kappa shape index (κ1) is 85.4. The minimum atomic E-state index is 0. The van der Waals surface area contributed by atoms with Crippen LogP contribution >= 0.6 is 0 Å². The Labute approximate surface area is 533 Å². The SMILES string of the molecule is C.CC.CC.CC.CC(C)(C)c1ccc(C(C)(C)C)cc1.CCC.CCC.CCC.CCc1c2ccccc2c(CC)c2ccccc12.CCc1ccc(CC)cc1.c1ccc2ccccc2c1.c1ccccc1.c1ccccc1.c1ccccc1. The van der Waals surface area contributed by atoms with Gasteiger partial charge in [-0.25, -0.2) is 0 Å². The van der Waals surface area contributed by atoms with Gasteiger partial charge in [0.2, 0.25) is 0 Å². The summed E-state index contributed by atoms with van der Waals surface area (Å²) in [6, 6.07) is 88.2. The van der Waals surface area contributed by atoms with E-state index in [1.54, 1.807) is 0 Å². The Morgan fingerprint density at radius 2 is 0.384 bits per heavy atom.